The van der Waals surface area contributed by atoms with Gasteiger partial charge in [0.2, 0.25) is 0 Å². The molecule has 4 rings (SSSR count). The SMILES string of the molecule is CCCOc1cc(NC(=O)N2C[C@@](C)(C(F)(F)F)c3c2cnc2cc(Cl)nn32)cn(C(F)F)c1=O. The molecule has 0 spiro atoms. The van der Waals surface area contributed by atoms with E-state index in [1.54, 1.807) is 6.92 Å². The number of anilines is 2. The summed E-state index contributed by atoms with van der Waals surface area (Å²) in [7, 11) is 0. The number of ether oxygens (including phenoxy) is 1. The molecule has 0 radical (unpaired) electrons. The van der Waals surface area contributed by atoms with Gasteiger partial charge in [-0.2, -0.15) is 27.1 Å². The van der Waals surface area contributed by atoms with Gasteiger partial charge in [-0.25, -0.2) is 14.3 Å². The lowest BCUT2D eigenvalue weighted by molar-refractivity contribution is -0.181. The summed E-state index contributed by atoms with van der Waals surface area (Å²) in [6, 6.07) is 1.23. The van der Waals surface area contributed by atoms with Crippen molar-refractivity contribution in [2.45, 2.75) is 38.4 Å². The largest absolute Gasteiger partial charge is 0.488 e. The fraction of sp³-hybridized carbons (Fsp3) is 0.400. The molecule has 1 aliphatic heterocycles. The number of urea groups is 1. The number of aromatic nitrogens is 4. The number of pyridine rings is 1. The molecule has 0 aromatic carbocycles. The molecule has 2 amide bonds. The Morgan fingerprint density at radius 1 is 1.34 bits per heavy atom. The van der Waals surface area contributed by atoms with E-state index in [1.807, 2.05) is 0 Å². The highest BCUT2D eigenvalue weighted by Crippen LogP contribution is 2.50. The summed E-state index contributed by atoms with van der Waals surface area (Å²) < 4.78 is 75.5. The first-order chi connectivity index (χ1) is 16.4. The molecule has 188 valence electrons. The maximum atomic E-state index is 14.2. The van der Waals surface area contributed by atoms with Crippen LogP contribution in [0, 0.1) is 0 Å². The maximum absolute atomic E-state index is 14.2. The van der Waals surface area contributed by atoms with Crippen molar-refractivity contribution in [2.24, 2.45) is 0 Å². The van der Waals surface area contributed by atoms with Crippen LogP contribution in [0.2, 0.25) is 5.15 Å². The van der Waals surface area contributed by atoms with Crippen LogP contribution in [-0.4, -0.2) is 44.5 Å². The highest BCUT2D eigenvalue weighted by Gasteiger charge is 2.60. The van der Waals surface area contributed by atoms with Crippen LogP contribution >= 0.6 is 11.6 Å². The lowest BCUT2D eigenvalue weighted by Gasteiger charge is -2.28. The molecule has 1 atom stereocenters. The maximum Gasteiger partial charge on any atom is 0.401 e. The molecule has 0 aliphatic carbocycles. The number of carbonyl (C=O) groups excluding carboxylic acids is 1. The number of halogens is 6. The Labute approximate surface area is 199 Å². The highest BCUT2D eigenvalue weighted by molar-refractivity contribution is 6.29. The van der Waals surface area contributed by atoms with E-state index in [0.29, 0.717) is 12.6 Å². The monoisotopic (exact) mass is 520 g/mol. The number of hydrogen-bond donors (Lipinski definition) is 1. The summed E-state index contributed by atoms with van der Waals surface area (Å²) in [4.78, 5) is 30.0. The van der Waals surface area contributed by atoms with E-state index in [1.165, 1.54) is 6.07 Å². The Hall–Kier alpha value is -3.42. The number of nitrogens with zero attached hydrogens (tertiary/aromatic N) is 5. The number of amides is 2. The van der Waals surface area contributed by atoms with E-state index in [9.17, 15) is 31.5 Å². The van der Waals surface area contributed by atoms with Crippen molar-refractivity contribution in [3.05, 3.63) is 45.7 Å². The van der Waals surface area contributed by atoms with Crippen molar-refractivity contribution < 1.29 is 31.5 Å². The van der Waals surface area contributed by atoms with E-state index in [0.717, 1.165) is 28.6 Å². The number of rotatable bonds is 5. The van der Waals surface area contributed by atoms with Crippen molar-refractivity contribution in [2.75, 3.05) is 23.4 Å². The number of alkyl halides is 5. The van der Waals surface area contributed by atoms with Crippen LogP contribution in [0.15, 0.2) is 29.3 Å². The third kappa shape index (κ3) is 4.15. The molecule has 0 fully saturated rings. The average Bonchev–Trinajstić information content (AvgIpc) is 3.30. The molecule has 15 heteroatoms. The molecule has 1 N–H and O–H groups in total. The van der Waals surface area contributed by atoms with Gasteiger partial charge in [-0.15, -0.1) is 0 Å². The third-order valence-electron chi connectivity index (χ3n) is 5.53. The third-order valence-corrected chi connectivity index (χ3v) is 5.71. The van der Waals surface area contributed by atoms with Crippen molar-refractivity contribution in [1.82, 2.24) is 19.2 Å². The van der Waals surface area contributed by atoms with E-state index in [2.05, 4.69) is 15.4 Å². The summed E-state index contributed by atoms with van der Waals surface area (Å²) in [6.45, 7) is -1.40. The van der Waals surface area contributed by atoms with Gasteiger partial charge in [-0.05, 0) is 13.3 Å². The van der Waals surface area contributed by atoms with Gasteiger partial charge in [0.05, 0.1) is 29.9 Å². The fourth-order valence-corrected chi connectivity index (χ4v) is 3.96. The second-order valence-corrected chi connectivity index (χ2v) is 8.39. The van der Waals surface area contributed by atoms with Crippen LogP contribution in [-0.2, 0) is 5.41 Å². The fourth-order valence-electron chi connectivity index (χ4n) is 3.79. The van der Waals surface area contributed by atoms with Crippen LogP contribution < -0.4 is 20.5 Å². The van der Waals surface area contributed by atoms with Crippen molar-refractivity contribution in [1.29, 1.82) is 0 Å². The Morgan fingerprint density at radius 2 is 2.06 bits per heavy atom. The van der Waals surface area contributed by atoms with Crippen LogP contribution in [0.5, 0.6) is 5.75 Å². The molecule has 3 aromatic rings. The lowest BCUT2D eigenvalue weighted by Crippen LogP contribution is -2.46. The molecule has 0 bridgehead atoms. The predicted octanol–water partition coefficient (Wildman–Crippen LogP) is 4.60. The first-order valence-corrected chi connectivity index (χ1v) is 10.6. The minimum atomic E-state index is -4.80. The Bertz CT molecular complexity index is 1360. The summed E-state index contributed by atoms with van der Waals surface area (Å²) in [6.07, 6.45) is -2.56. The van der Waals surface area contributed by atoms with Gasteiger partial charge in [0.1, 0.15) is 5.41 Å². The predicted molar refractivity (Wildman–Crippen MR) is 116 cm³/mol. The summed E-state index contributed by atoms with van der Waals surface area (Å²) in [5.74, 6) is -0.443. The van der Waals surface area contributed by atoms with Gasteiger partial charge in [0, 0.05) is 24.9 Å². The zero-order chi connectivity index (χ0) is 25.7. The standard InChI is InChI=1S/C20H18ClF5N6O3/c1-3-4-35-12-5-10(8-30(16(12)33)17(22)23)28-18(34)31-9-19(2,20(24,25)26)15-11(31)7-27-14-6-13(21)29-32(14)15/h5-8,17H,3-4,9H2,1-2H3,(H,28,34)/t19-/m1/s1. The minimum absolute atomic E-state index is 0.0490. The van der Waals surface area contributed by atoms with Crippen LogP contribution in [0.25, 0.3) is 5.65 Å². The Morgan fingerprint density at radius 3 is 2.69 bits per heavy atom. The molecule has 3 aromatic heterocycles. The average molecular weight is 521 g/mol. The van der Waals surface area contributed by atoms with E-state index in [4.69, 9.17) is 16.3 Å². The molecule has 9 nitrogen and oxygen atoms in total. The molecular weight excluding hydrogens is 503 g/mol. The number of hydrogen-bond acceptors (Lipinski definition) is 5. The molecule has 4 heterocycles. The molecule has 0 unspecified atom stereocenters. The Balaban J connectivity index is 1.76. The topological polar surface area (TPSA) is 93.8 Å². The van der Waals surface area contributed by atoms with Gasteiger partial charge in [0.25, 0.3) is 5.56 Å². The van der Waals surface area contributed by atoms with E-state index >= 15 is 0 Å². The molecule has 0 saturated carbocycles. The quantitative estimate of drug-likeness (QED) is 0.496. The first-order valence-electron chi connectivity index (χ1n) is 10.2. The molecule has 0 saturated heterocycles. The van der Waals surface area contributed by atoms with Gasteiger partial charge in [0.15, 0.2) is 16.5 Å². The number of nitrogens with one attached hydrogen (secondary N) is 1. The Kier molecular flexibility index (Phi) is 6.11. The molecule has 35 heavy (non-hydrogen) atoms. The van der Waals surface area contributed by atoms with Crippen molar-refractivity contribution in [3.63, 3.8) is 0 Å². The van der Waals surface area contributed by atoms with Crippen LogP contribution in [0.3, 0.4) is 0 Å². The zero-order valence-electron chi connectivity index (χ0n) is 18.2. The lowest BCUT2D eigenvalue weighted by atomic mass is 9.88. The zero-order valence-corrected chi connectivity index (χ0v) is 19.0. The molecule has 1 aliphatic rings. The first kappa shape index (κ1) is 24.7. The smallest absolute Gasteiger partial charge is 0.401 e. The van der Waals surface area contributed by atoms with E-state index < -0.39 is 42.0 Å². The van der Waals surface area contributed by atoms with Gasteiger partial charge < -0.3 is 10.1 Å². The summed E-state index contributed by atoms with van der Waals surface area (Å²) in [5, 5.41) is 6.05. The highest BCUT2D eigenvalue weighted by atomic mass is 35.5. The van der Waals surface area contributed by atoms with Gasteiger partial charge in [-0.3, -0.25) is 14.3 Å². The molecular formula is C20H18ClF5N6O3. The number of fused-ring (bicyclic) bond motifs is 3. The second-order valence-electron chi connectivity index (χ2n) is 8.01. The summed E-state index contributed by atoms with van der Waals surface area (Å²) in [5.41, 5.74) is -4.45. The van der Waals surface area contributed by atoms with Crippen LogP contribution in [0.4, 0.5) is 38.1 Å². The second kappa shape index (κ2) is 8.66. The van der Waals surface area contributed by atoms with Crippen LogP contribution in [0.1, 0.15) is 32.5 Å². The number of carbonyl (C=O) groups is 1. The van der Waals surface area contributed by atoms with Gasteiger partial charge >= 0.3 is 18.8 Å². The summed E-state index contributed by atoms with van der Waals surface area (Å²) >= 11 is 5.86. The van der Waals surface area contributed by atoms with Crippen molar-refractivity contribution in [3.8, 4) is 5.75 Å². The minimum Gasteiger partial charge on any atom is -0.488 e. The van der Waals surface area contributed by atoms with Crippen molar-refractivity contribution >= 4 is 34.7 Å². The normalized spacial score (nSPS) is 17.8. The van der Waals surface area contributed by atoms with E-state index in [-0.39, 0.29) is 39.0 Å². The van der Waals surface area contributed by atoms with Gasteiger partial charge in [-0.1, -0.05) is 18.5 Å².